The van der Waals surface area contributed by atoms with Crippen LogP contribution in [0.5, 0.6) is 0 Å². The van der Waals surface area contributed by atoms with E-state index in [2.05, 4.69) is 19.2 Å². The lowest BCUT2D eigenvalue weighted by Crippen LogP contribution is -2.51. The number of imide groups is 1. The maximum atomic E-state index is 12.4. The van der Waals surface area contributed by atoms with Crippen LogP contribution in [0.15, 0.2) is 0 Å². The summed E-state index contributed by atoms with van der Waals surface area (Å²) in [6.45, 7) is 16.9. The van der Waals surface area contributed by atoms with Gasteiger partial charge in [0.05, 0.1) is 10.8 Å². The topological polar surface area (TPSA) is 125 Å². The number of carbonyl (C=O) groups excluding carboxylic acids is 5. The molecule has 0 spiro atoms. The molecule has 4 aliphatic rings. The van der Waals surface area contributed by atoms with Crippen LogP contribution in [-0.2, 0) is 38.2 Å². The van der Waals surface area contributed by atoms with Gasteiger partial charge in [-0.15, -0.1) is 0 Å². The predicted octanol–water partition coefficient (Wildman–Crippen LogP) is 7.82. The fourth-order valence-corrected chi connectivity index (χ4v) is 6.57. The highest BCUT2D eigenvalue weighted by molar-refractivity contribution is 6.10. The summed E-state index contributed by atoms with van der Waals surface area (Å²) in [5.74, 6) is -1.95. The summed E-state index contributed by atoms with van der Waals surface area (Å²) >= 11 is 0. The van der Waals surface area contributed by atoms with Crippen molar-refractivity contribution in [2.75, 3.05) is 0 Å². The van der Waals surface area contributed by atoms with Crippen molar-refractivity contribution in [2.45, 2.75) is 168 Å². The summed E-state index contributed by atoms with van der Waals surface area (Å²) in [7, 11) is 0. The minimum Gasteiger partial charge on any atom is -0.459 e. The number of ether oxygens (including phenoxy) is 3. The van der Waals surface area contributed by atoms with Crippen molar-refractivity contribution in [3.05, 3.63) is 0 Å². The van der Waals surface area contributed by atoms with Gasteiger partial charge in [0.1, 0.15) is 17.8 Å². The summed E-state index contributed by atoms with van der Waals surface area (Å²) in [5, 5.41) is 2.22. The maximum Gasteiger partial charge on any atom is 0.322 e. The highest BCUT2D eigenvalue weighted by Crippen LogP contribution is 2.62. The van der Waals surface area contributed by atoms with E-state index in [0.29, 0.717) is 18.8 Å². The lowest BCUT2D eigenvalue weighted by atomic mass is 9.72. The Kier molecular flexibility index (Phi) is 16.3. The summed E-state index contributed by atoms with van der Waals surface area (Å²) in [5.41, 5.74) is -2.56. The Morgan fingerprint density at radius 1 is 0.867 bits per heavy atom. The van der Waals surface area contributed by atoms with Crippen molar-refractivity contribution in [1.82, 2.24) is 5.32 Å². The number of nitrogens with one attached hydrogen (secondary N) is 1. The van der Waals surface area contributed by atoms with Gasteiger partial charge in [-0.3, -0.25) is 29.3 Å². The van der Waals surface area contributed by atoms with E-state index in [9.17, 15) is 24.0 Å². The van der Waals surface area contributed by atoms with Crippen LogP contribution in [0.4, 0.5) is 0 Å². The minimum atomic E-state index is -1.30. The molecule has 1 N–H and O–H groups in total. The standard InChI is InChI=1S/C17H23NO6.C15H28O2.4CH4/c1-5-16(3,4)14(21)23-11-9-6-10-12(11)24-15(22)17(10,7-9)13(20)18-8(2)19;1-6-14(2,3)13(16)17-15(4,5)12-10-8-7-9-11-12;;;;/h9-12H,5-7H2,1-4H3,(H,18,19,20);12H,6-11H2,1-5H3;4*1H4. The summed E-state index contributed by atoms with van der Waals surface area (Å²) in [6, 6.07) is 0. The Balaban J connectivity index is 0. The number of fused-ring (bicyclic) bond motifs is 1. The molecule has 9 nitrogen and oxygen atoms in total. The van der Waals surface area contributed by atoms with Gasteiger partial charge >= 0.3 is 17.9 Å². The molecule has 2 amide bonds. The predicted molar refractivity (Wildman–Crippen MR) is 179 cm³/mol. The molecule has 9 heteroatoms. The average Bonchev–Trinajstić information content (AvgIpc) is 3.51. The van der Waals surface area contributed by atoms with E-state index < -0.39 is 40.8 Å². The van der Waals surface area contributed by atoms with Crippen LogP contribution in [0, 0.1) is 34.0 Å². The van der Waals surface area contributed by atoms with Crippen molar-refractivity contribution < 1.29 is 38.2 Å². The monoisotopic (exact) mass is 641 g/mol. The maximum absolute atomic E-state index is 12.4. The first-order valence-corrected chi connectivity index (χ1v) is 15.4. The van der Waals surface area contributed by atoms with E-state index in [1.54, 1.807) is 0 Å². The molecule has 1 saturated heterocycles. The van der Waals surface area contributed by atoms with E-state index in [0.717, 1.165) is 6.42 Å². The third kappa shape index (κ3) is 8.88. The summed E-state index contributed by atoms with van der Waals surface area (Å²) in [6.07, 6.45) is 7.52. The molecule has 264 valence electrons. The SMILES string of the molecule is C.C.C.C.CCC(C)(C)C(=O)OC(C)(C)C1CCCCC1.CCC(C)(C)C(=O)OC1C2CC3C1OC(=O)C3(C(=O)NC(C)=O)C2. The zero-order chi connectivity index (χ0) is 31.0. The van der Waals surface area contributed by atoms with Crippen LogP contribution in [0.2, 0.25) is 0 Å². The molecule has 0 aromatic rings. The van der Waals surface area contributed by atoms with Crippen LogP contribution in [0.1, 0.15) is 150 Å². The number of rotatable bonds is 8. The third-order valence-corrected chi connectivity index (χ3v) is 10.3. The van der Waals surface area contributed by atoms with Gasteiger partial charge in [-0.2, -0.15) is 0 Å². The van der Waals surface area contributed by atoms with E-state index in [1.807, 2.05) is 41.5 Å². The Bertz CT molecular complexity index is 1040. The van der Waals surface area contributed by atoms with Crippen LogP contribution in [0.3, 0.4) is 0 Å². The molecule has 0 aromatic carbocycles. The Labute approximate surface area is 274 Å². The molecule has 4 fully saturated rings. The van der Waals surface area contributed by atoms with Crippen LogP contribution < -0.4 is 5.32 Å². The molecule has 45 heavy (non-hydrogen) atoms. The molecular weight excluding hydrogens is 574 g/mol. The lowest BCUT2D eigenvalue weighted by molar-refractivity contribution is -0.174. The molecule has 5 atom stereocenters. The number of hydrogen-bond donors (Lipinski definition) is 1. The van der Waals surface area contributed by atoms with Crippen molar-refractivity contribution in [1.29, 1.82) is 0 Å². The Morgan fingerprint density at radius 2 is 1.38 bits per heavy atom. The molecule has 4 rings (SSSR count). The van der Waals surface area contributed by atoms with Crippen LogP contribution in [0.25, 0.3) is 0 Å². The quantitative estimate of drug-likeness (QED) is 0.162. The van der Waals surface area contributed by atoms with Gasteiger partial charge in [-0.25, -0.2) is 0 Å². The zero-order valence-corrected chi connectivity index (χ0v) is 26.5. The fourth-order valence-electron chi connectivity index (χ4n) is 6.57. The normalized spacial score (nSPS) is 26.6. The van der Waals surface area contributed by atoms with Gasteiger partial charge in [-0.1, -0.05) is 62.8 Å². The van der Waals surface area contributed by atoms with E-state index in [4.69, 9.17) is 14.2 Å². The van der Waals surface area contributed by atoms with Crippen molar-refractivity contribution in [3.8, 4) is 0 Å². The molecule has 0 radical (unpaired) electrons. The number of esters is 3. The second kappa shape index (κ2) is 16.4. The van der Waals surface area contributed by atoms with Crippen molar-refractivity contribution >= 4 is 29.7 Å². The number of amides is 2. The van der Waals surface area contributed by atoms with Gasteiger partial charge < -0.3 is 14.2 Å². The Hall–Kier alpha value is -2.45. The molecule has 3 aliphatic carbocycles. The fraction of sp³-hybridized carbons (Fsp3) is 0.861. The second-order valence-electron chi connectivity index (χ2n) is 14.3. The van der Waals surface area contributed by atoms with Gasteiger partial charge in [0.25, 0.3) is 0 Å². The van der Waals surface area contributed by atoms with Gasteiger partial charge in [0.2, 0.25) is 11.8 Å². The van der Waals surface area contributed by atoms with E-state index in [-0.39, 0.29) is 70.9 Å². The first kappa shape index (κ1) is 44.7. The lowest BCUT2D eigenvalue weighted by Gasteiger charge is -2.38. The van der Waals surface area contributed by atoms with E-state index in [1.165, 1.54) is 39.0 Å². The van der Waals surface area contributed by atoms with Crippen molar-refractivity contribution in [3.63, 3.8) is 0 Å². The van der Waals surface area contributed by atoms with E-state index >= 15 is 0 Å². The first-order valence-electron chi connectivity index (χ1n) is 15.4. The highest BCUT2D eigenvalue weighted by atomic mass is 16.6. The second-order valence-corrected chi connectivity index (χ2v) is 14.3. The Morgan fingerprint density at radius 3 is 1.87 bits per heavy atom. The third-order valence-electron chi connectivity index (χ3n) is 10.3. The molecule has 2 bridgehead atoms. The molecule has 3 saturated carbocycles. The summed E-state index contributed by atoms with van der Waals surface area (Å²) < 4.78 is 16.9. The largest absolute Gasteiger partial charge is 0.459 e. The van der Waals surface area contributed by atoms with Gasteiger partial charge in [0.15, 0.2) is 5.41 Å². The average molecular weight is 642 g/mol. The summed E-state index contributed by atoms with van der Waals surface area (Å²) in [4.78, 5) is 60.5. The number of carbonyl (C=O) groups is 5. The minimum absolute atomic E-state index is 0. The van der Waals surface area contributed by atoms with Crippen LogP contribution in [-0.4, -0.2) is 47.5 Å². The van der Waals surface area contributed by atoms with Gasteiger partial charge in [0, 0.05) is 18.8 Å². The zero-order valence-electron chi connectivity index (χ0n) is 26.5. The first-order chi connectivity index (χ1) is 18.9. The number of hydrogen-bond acceptors (Lipinski definition) is 8. The molecular formula is C36H67NO8. The van der Waals surface area contributed by atoms with Crippen LogP contribution >= 0.6 is 0 Å². The highest BCUT2D eigenvalue weighted by Gasteiger charge is 2.74. The molecule has 0 aromatic heterocycles. The van der Waals surface area contributed by atoms with Gasteiger partial charge in [-0.05, 0) is 86.0 Å². The molecule has 5 unspecified atom stereocenters. The molecule has 1 aliphatic heterocycles. The smallest absolute Gasteiger partial charge is 0.322 e. The molecule has 1 heterocycles. The van der Waals surface area contributed by atoms with Crippen molar-refractivity contribution in [2.24, 2.45) is 34.0 Å².